The van der Waals surface area contributed by atoms with E-state index in [4.69, 9.17) is 4.74 Å². The Bertz CT molecular complexity index is 304. The van der Waals surface area contributed by atoms with Gasteiger partial charge in [0.2, 0.25) is 0 Å². The molecule has 2 fully saturated rings. The maximum absolute atomic E-state index is 12.5. The van der Waals surface area contributed by atoms with Crippen LogP contribution in [-0.2, 0) is 9.53 Å². The molecule has 3 atom stereocenters. The first-order valence-corrected chi connectivity index (χ1v) is 8.31. The van der Waals surface area contributed by atoms with Crippen LogP contribution in [-0.4, -0.2) is 11.6 Å². The minimum atomic E-state index is -0.169. The topological polar surface area (TPSA) is 26.3 Å². The molecule has 110 valence electrons. The van der Waals surface area contributed by atoms with E-state index in [1.165, 1.54) is 32.1 Å². The first-order valence-electron chi connectivity index (χ1n) is 8.31. The Morgan fingerprint density at radius 1 is 1.11 bits per heavy atom. The summed E-state index contributed by atoms with van der Waals surface area (Å²) in [6.45, 7) is 6.59. The van der Waals surface area contributed by atoms with Crippen LogP contribution in [0.4, 0.5) is 0 Å². The quantitative estimate of drug-likeness (QED) is 0.688. The van der Waals surface area contributed by atoms with Gasteiger partial charge in [0.1, 0.15) is 5.60 Å². The van der Waals surface area contributed by atoms with Crippen molar-refractivity contribution in [2.24, 2.45) is 17.8 Å². The second-order valence-electron chi connectivity index (χ2n) is 6.95. The number of carbonyl (C=O) groups excluding carboxylic acids is 1. The fourth-order valence-electron chi connectivity index (χ4n) is 4.03. The van der Waals surface area contributed by atoms with Crippen LogP contribution in [0.3, 0.4) is 0 Å². The van der Waals surface area contributed by atoms with Gasteiger partial charge in [-0.2, -0.15) is 0 Å². The maximum atomic E-state index is 12.5. The highest BCUT2D eigenvalue weighted by Gasteiger charge is 2.40. The Morgan fingerprint density at radius 3 is 2.37 bits per heavy atom. The Hall–Kier alpha value is -0.530. The Morgan fingerprint density at radius 2 is 1.79 bits per heavy atom. The van der Waals surface area contributed by atoms with Crippen molar-refractivity contribution in [3.05, 3.63) is 0 Å². The van der Waals surface area contributed by atoms with E-state index in [9.17, 15) is 4.79 Å². The number of hydrogen-bond acceptors (Lipinski definition) is 2. The molecule has 19 heavy (non-hydrogen) atoms. The minimum absolute atomic E-state index is 0.104. The Kier molecular flexibility index (Phi) is 4.92. The van der Waals surface area contributed by atoms with Crippen molar-refractivity contribution < 1.29 is 9.53 Å². The highest BCUT2D eigenvalue weighted by Crippen LogP contribution is 2.42. The van der Waals surface area contributed by atoms with Gasteiger partial charge in [-0.1, -0.05) is 33.1 Å². The maximum Gasteiger partial charge on any atom is 0.309 e. The Labute approximate surface area is 118 Å². The molecule has 0 aromatic rings. The van der Waals surface area contributed by atoms with Crippen LogP contribution < -0.4 is 0 Å². The lowest BCUT2D eigenvalue weighted by Gasteiger charge is -2.34. The van der Waals surface area contributed by atoms with Crippen LogP contribution in [0.5, 0.6) is 0 Å². The van der Waals surface area contributed by atoms with E-state index in [1.807, 2.05) is 0 Å². The van der Waals surface area contributed by atoms with Crippen molar-refractivity contribution in [1.29, 1.82) is 0 Å². The summed E-state index contributed by atoms with van der Waals surface area (Å²) < 4.78 is 5.95. The predicted octanol–water partition coefficient (Wildman–Crippen LogP) is 4.71. The lowest BCUT2D eigenvalue weighted by atomic mass is 9.86. The fraction of sp³-hybridized carbons (Fsp3) is 0.941. The third-order valence-electron chi connectivity index (χ3n) is 5.46. The molecule has 0 heterocycles. The van der Waals surface area contributed by atoms with E-state index in [-0.39, 0.29) is 17.5 Å². The molecule has 2 rings (SSSR count). The van der Waals surface area contributed by atoms with Crippen molar-refractivity contribution in [1.82, 2.24) is 0 Å². The summed E-state index contributed by atoms with van der Waals surface area (Å²) in [7, 11) is 0. The van der Waals surface area contributed by atoms with Crippen molar-refractivity contribution in [3.8, 4) is 0 Å². The normalized spacial score (nSPS) is 34.2. The molecule has 2 aliphatic rings. The van der Waals surface area contributed by atoms with Gasteiger partial charge in [-0.05, 0) is 57.3 Å². The molecule has 2 aliphatic carbocycles. The van der Waals surface area contributed by atoms with Gasteiger partial charge in [-0.15, -0.1) is 0 Å². The second-order valence-corrected chi connectivity index (χ2v) is 6.95. The number of rotatable bonds is 4. The average molecular weight is 266 g/mol. The van der Waals surface area contributed by atoms with Gasteiger partial charge in [-0.25, -0.2) is 0 Å². The predicted molar refractivity (Wildman–Crippen MR) is 77.9 cm³/mol. The average Bonchev–Trinajstić information content (AvgIpc) is 2.82. The third-order valence-corrected chi connectivity index (χ3v) is 5.46. The van der Waals surface area contributed by atoms with Crippen LogP contribution >= 0.6 is 0 Å². The molecule has 2 saturated carbocycles. The summed E-state index contributed by atoms with van der Waals surface area (Å²) in [6.07, 6.45) is 10.4. The zero-order valence-electron chi connectivity index (χ0n) is 12.9. The lowest BCUT2D eigenvalue weighted by Crippen LogP contribution is -2.37. The van der Waals surface area contributed by atoms with Crippen LogP contribution in [0.15, 0.2) is 0 Å². The van der Waals surface area contributed by atoms with Gasteiger partial charge in [0, 0.05) is 0 Å². The first kappa shape index (κ1) is 14.9. The molecule has 0 spiro atoms. The standard InChI is InChI=1S/C17H30O2/c1-4-13-11-14(5-2)15(12-13)16(18)19-17(3)9-7-6-8-10-17/h13-15H,4-12H2,1-3H3. The zero-order chi connectivity index (χ0) is 13.9. The van der Waals surface area contributed by atoms with E-state index < -0.39 is 0 Å². The van der Waals surface area contributed by atoms with Crippen LogP contribution in [0.1, 0.15) is 78.6 Å². The van der Waals surface area contributed by atoms with Crippen molar-refractivity contribution in [2.75, 3.05) is 0 Å². The highest BCUT2D eigenvalue weighted by atomic mass is 16.6. The molecule has 0 saturated heterocycles. The molecule has 2 heteroatoms. The van der Waals surface area contributed by atoms with Gasteiger partial charge >= 0.3 is 5.97 Å². The molecule has 0 aliphatic heterocycles. The first-order chi connectivity index (χ1) is 9.08. The molecule has 0 radical (unpaired) electrons. The van der Waals surface area contributed by atoms with E-state index >= 15 is 0 Å². The second kappa shape index (κ2) is 6.28. The molecule has 0 aromatic carbocycles. The van der Waals surface area contributed by atoms with E-state index in [1.54, 1.807) is 0 Å². The van der Waals surface area contributed by atoms with E-state index in [0.717, 1.165) is 31.6 Å². The van der Waals surface area contributed by atoms with Gasteiger partial charge in [0.15, 0.2) is 0 Å². The van der Waals surface area contributed by atoms with Crippen LogP contribution in [0, 0.1) is 17.8 Å². The van der Waals surface area contributed by atoms with Crippen molar-refractivity contribution >= 4 is 5.97 Å². The molecular formula is C17H30O2. The zero-order valence-corrected chi connectivity index (χ0v) is 12.9. The van der Waals surface area contributed by atoms with Crippen molar-refractivity contribution in [2.45, 2.75) is 84.2 Å². The molecule has 0 N–H and O–H groups in total. The molecular weight excluding hydrogens is 236 g/mol. The summed E-state index contributed by atoms with van der Waals surface area (Å²) in [6, 6.07) is 0. The van der Waals surface area contributed by atoms with Gasteiger partial charge in [0.05, 0.1) is 5.92 Å². The third kappa shape index (κ3) is 3.52. The van der Waals surface area contributed by atoms with E-state index in [0.29, 0.717) is 5.92 Å². The fourth-order valence-corrected chi connectivity index (χ4v) is 4.03. The molecule has 0 amide bonds. The number of carbonyl (C=O) groups is 1. The summed E-state index contributed by atoms with van der Waals surface area (Å²) >= 11 is 0. The monoisotopic (exact) mass is 266 g/mol. The highest BCUT2D eigenvalue weighted by molar-refractivity contribution is 5.73. The van der Waals surface area contributed by atoms with Gasteiger partial charge in [0.25, 0.3) is 0 Å². The molecule has 3 unspecified atom stereocenters. The smallest absolute Gasteiger partial charge is 0.309 e. The number of hydrogen-bond donors (Lipinski definition) is 0. The lowest BCUT2D eigenvalue weighted by molar-refractivity contribution is -0.167. The summed E-state index contributed by atoms with van der Waals surface area (Å²) in [5.74, 6) is 1.58. The molecule has 2 nitrogen and oxygen atoms in total. The van der Waals surface area contributed by atoms with Crippen LogP contribution in [0.2, 0.25) is 0 Å². The van der Waals surface area contributed by atoms with Gasteiger partial charge in [-0.3, -0.25) is 4.79 Å². The summed E-state index contributed by atoms with van der Waals surface area (Å²) in [5, 5.41) is 0. The number of ether oxygens (including phenoxy) is 1. The van der Waals surface area contributed by atoms with E-state index in [2.05, 4.69) is 20.8 Å². The van der Waals surface area contributed by atoms with Gasteiger partial charge < -0.3 is 4.74 Å². The molecule has 0 bridgehead atoms. The Balaban J connectivity index is 1.94. The van der Waals surface area contributed by atoms with Crippen LogP contribution in [0.25, 0.3) is 0 Å². The SMILES string of the molecule is CCC1CC(CC)C(C(=O)OC2(C)CCCCC2)C1. The van der Waals surface area contributed by atoms with Crippen molar-refractivity contribution in [3.63, 3.8) is 0 Å². The minimum Gasteiger partial charge on any atom is -0.459 e. The number of esters is 1. The summed E-state index contributed by atoms with van der Waals surface area (Å²) in [4.78, 5) is 12.5. The molecule has 0 aromatic heterocycles. The largest absolute Gasteiger partial charge is 0.459 e. The summed E-state index contributed by atoms with van der Waals surface area (Å²) in [5.41, 5.74) is -0.169.